The van der Waals surface area contributed by atoms with Crippen LogP contribution in [-0.4, -0.2) is 34.8 Å². The predicted molar refractivity (Wildman–Crippen MR) is 76.8 cm³/mol. The number of hydrogen-bond donors (Lipinski definition) is 2. The van der Waals surface area contributed by atoms with Crippen LogP contribution >= 0.6 is 0 Å². The normalized spacial score (nSPS) is 18.5. The fourth-order valence-electron chi connectivity index (χ4n) is 2.12. The van der Waals surface area contributed by atoms with E-state index < -0.39 is 29.8 Å². The van der Waals surface area contributed by atoms with Crippen LogP contribution in [0.2, 0.25) is 0 Å². The molecular formula is C15H17FN2O4. The van der Waals surface area contributed by atoms with E-state index in [0.29, 0.717) is 11.3 Å². The number of nitrogens with one attached hydrogen (secondary N) is 1. The minimum Gasteiger partial charge on any atom is -0.480 e. The number of carboxylic acids is 1. The minimum atomic E-state index is -1.10. The van der Waals surface area contributed by atoms with Gasteiger partial charge in [0.25, 0.3) is 5.91 Å². The molecule has 0 saturated heterocycles. The van der Waals surface area contributed by atoms with Gasteiger partial charge in [0.2, 0.25) is 6.10 Å². The van der Waals surface area contributed by atoms with Gasteiger partial charge in [-0.1, -0.05) is 31.1 Å². The third-order valence-corrected chi connectivity index (χ3v) is 3.35. The Balaban J connectivity index is 1.99. The molecule has 118 valence electrons. The summed E-state index contributed by atoms with van der Waals surface area (Å²) in [6.07, 6.45) is -0.737. The first-order chi connectivity index (χ1) is 10.4. The van der Waals surface area contributed by atoms with Crippen LogP contribution in [0.3, 0.4) is 0 Å². The van der Waals surface area contributed by atoms with Crippen molar-refractivity contribution < 1.29 is 23.9 Å². The lowest BCUT2D eigenvalue weighted by Gasteiger charge is -2.19. The van der Waals surface area contributed by atoms with Crippen molar-refractivity contribution in [1.82, 2.24) is 5.32 Å². The molecule has 2 rings (SSSR count). The summed E-state index contributed by atoms with van der Waals surface area (Å²) in [5.74, 6) is -2.31. The van der Waals surface area contributed by atoms with Crippen LogP contribution < -0.4 is 5.32 Å². The van der Waals surface area contributed by atoms with Gasteiger partial charge >= 0.3 is 5.97 Å². The summed E-state index contributed by atoms with van der Waals surface area (Å²) in [5.41, 5.74) is 0.991. The van der Waals surface area contributed by atoms with Crippen molar-refractivity contribution in [3.05, 3.63) is 35.6 Å². The molecule has 7 heteroatoms. The molecule has 1 aliphatic rings. The molecule has 1 unspecified atom stereocenters. The van der Waals surface area contributed by atoms with Crippen molar-refractivity contribution in [2.24, 2.45) is 11.1 Å². The first-order valence-corrected chi connectivity index (χ1v) is 6.90. The Bertz CT molecular complexity index is 615. The molecule has 6 nitrogen and oxygen atoms in total. The molecule has 0 aliphatic carbocycles. The van der Waals surface area contributed by atoms with E-state index in [1.165, 1.54) is 12.1 Å². The quantitative estimate of drug-likeness (QED) is 0.863. The number of amides is 1. The highest BCUT2D eigenvalue weighted by Crippen LogP contribution is 2.18. The topological polar surface area (TPSA) is 88.0 Å². The largest absolute Gasteiger partial charge is 0.480 e. The third kappa shape index (κ3) is 3.60. The van der Waals surface area contributed by atoms with E-state index in [2.05, 4.69) is 10.5 Å². The van der Waals surface area contributed by atoms with E-state index in [4.69, 9.17) is 9.94 Å². The first kappa shape index (κ1) is 15.9. The standard InChI is InChI=1S/C15H17FN2O4/c1-8(2)13(15(20)21)17-14(19)12-7-11(18-22-12)9-4-3-5-10(16)6-9/h3-6,8,12-13H,7H2,1-2H3,(H,17,19)(H,20,21)/t12?,13-/m0/s1. The molecule has 0 saturated carbocycles. The van der Waals surface area contributed by atoms with E-state index >= 15 is 0 Å². The van der Waals surface area contributed by atoms with Crippen LogP contribution in [0.4, 0.5) is 4.39 Å². The summed E-state index contributed by atoms with van der Waals surface area (Å²) in [4.78, 5) is 28.2. The fraction of sp³-hybridized carbons (Fsp3) is 0.400. The van der Waals surface area contributed by atoms with Crippen molar-refractivity contribution in [3.8, 4) is 0 Å². The molecule has 1 amide bonds. The van der Waals surface area contributed by atoms with Gasteiger partial charge < -0.3 is 15.3 Å². The highest BCUT2D eigenvalue weighted by molar-refractivity contribution is 6.04. The van der Waals surface area contributed by atoms with E-state index in [9.17, 15) is 14.0 Å². The number of carbonyl (C=O) groups excluding carboxylic acids is 1. The van der Waals surface area contributed by atoms with E-state index in [0.717, 1.165) is 0 Å². The maximum atomic E-state index is 13.2. The molecule has 1 aromatic rings. The highest BCUT2D eigenvalue weighted by Gasteiger charge is 2.32. The molecule has 1 aromatic carbocycles. The van der Waals surface area contributed by atoms with Crippen LogP contribution in [-0.2, 0) is 14.4 Å². The van der Waals surface area contributed by atoms with Crippen LogP contribution in [0.5, 0.6) is 0 Å². The molecule has 1 heterocycles. The summed E-state index contributed by atoms with van der Waals surface area (Å²) >= 11 is 0. The van der Waals surface area contributed by atoms with Crippen molar-refractivity contribution >= 4 is 17.6 Å². The van der Waals surface area contributed by atoms with Crippen molar-refractivity contribution in [2.75, 3.05) is 0 Å². The van der Waals surface area contributed by atoms with Crippen molar-refractivity contribution in [2.45, 2.75) is 32.4 Å². The highest BCUT2D eigenvalue weighted by atomic mass is 19.1. The van der Waals surface area contributed by atoms with Crippen LogP contribution in [0.25, 0.3) is 0 Å². The van der Waals surface area contributed by atoms with Crippen molar-refractivity contribution in [3.63, 3.8) is 0 Å². The van der Waals surface area contributed by atoms with Crippen molar-refractivity contribution in [1.29, 1.82) is 0 Å². The van der Waals surface area contributed by atoms with Crippen LogP contribution in [0, 0.1) is 11.7 Å². The molecule has 22 heavy (non-hydrogen) atoms. The predicted octanol–water partition coefficient (Wildman–Crippen LogP) is 1.54. The maximum absolute atomic E-state index is 13.2. The van der Waals surface area contributed by atoms with Gasteiger partial charge in [0.15, 0.2) is 0 Å². The van der Waals surface area contributed by atoms with Gasteiger partial charge in [0, 0.05) is 12.0 Å². The molecule has 1 aliphatic heterocycles. The molecule has 2 N–H and O–H groups in total. The van der Waals surface area contributed by atoms with Gasteiger partial charge in [-0.3, -0.25) is 4.79 Å². The second kappa shape index (κ2) is 6.55. The number of nitrogens with zero attached hydrogens (tertiary/aromatic N) is 1. The fourth-order valence-corrected chi connectivity index (χ4v) is 2.12. The Morgan fingerprint density at radius 3 is 2.77 bits per heavy atom. The summed E-state index contributed by atoms with van der Waals surface area (Å²) in [5, 5.41) is 15.3. The summed E-state index contributed by atoms with van der Waals surface area (Å²) in [7, 11) is 0. The minimum absolute atomic E-state index is 0.166. The molecule has 2 atom stereocenters. The number of carboxylic acid groups (broad SMARTS) is 1. The number of oxime groups is 1. The Labute approximate surface area is 127 Å². The monoisotopic (exact) mass is 308 g/mol. The smallest absolute Gasteiger partial charge is 0.326 e. The Kier molecular flexibility index (Phi) is 4.75. The SMILES string of the molecule is CC(C)[C@H](NC(=O)C1CC(c2cccc(F)c2)=NO1)C(=O)O. The Morgan fingerprint density at radius 2 is 2.18 bits per heavy atom. The van der Waals surface area contributed by atoms with Gasteiger partial charge in [0.05, 0.1) is 5.71 Å². The van der Waals surface area contributed by atoms with E-state index in [1.807, 2.05) is 0 Å². The first-order valence-electron chi connectivity index (χ1n) is 6.90. The van der Waals surface area contributed by atoms with Gasteiger partial charge in [-0.25, -0.2) is 9.18 Å². The number of halogens is 1. The van der Waals surface area contributed by atoms with Gasteiger partial charge in [-0.2, -0.15) is 0 Å². The number of benzene rings is 1. The average molecular weight is 308 g/mol. The molecule has 0 spiro atoms. The number of rotatable bonds is 5. The van der Waals surface area contributed by atoms with Gasteiger partial charge in [-0.15, -0.1) is 0 Å². The Hall–Kier alpha value is -2.44. The Morgan fingerprint density at radius 1 is 1.45 bits per heavy atom. The lowest BCUT2D eigenvalue weighted by Crippen LogP contribution is -2.48. The zero-order valence-electron chi connectivity index (χ0n) is 12.2. The van der Waals surface area contributed by atoms with Gasteiger partial charge in [0.1, 0.15) is 11.9 Å². The molecule has 0 aromatic heterocycles. The second-order valence-corrected chi connectivity index (χ2v) is 5.42. The summed E-state index contributed by atoms with van der Waals surface area (Å²) in [6, 6.07) is 4.83. The molecule has 0 radical (unpaired) electrons. The zero-order valence-corrected chi connectivity index (χ0v) is 12.2. The zero-order chi connectivity index (χ0) is 16.3. The van der Waals surface area contributed by atoms with Crippen LogP contribution in [0.1, 0.15) is 25.8 Å². The summed E-state index contributed by atoms with van der Waals surface area (Å²) < 4.78 is 13.2. The molecule has 0 bridgehead atoms. The number of carbonyl (C=O) groups is 2. The maximum Gasteiger partial charge on any atom is 0.326 e. The third-order valence-electron chi connectivity index (χ3n) is 3.35. The van der Waals surface area contributed by atoms with E-state index in [1.54, 1.807) is 26.0 Å². The molecule has 0 fully saturated rings. The average Bonchev–Trinajstić information content (AvgIpc) is 2.93. The number of hydrogen-bond acceptors (Lipinski definition) is 4. The second-order valence-electron chi connectivity index (χ2n) is 5.42. The van der Waals surface area contributed by atoms with Gasteiger partial charge in [-0.05, 0) is 18.1 Å². The lowest BCUT2D eigenvalue weighted by atomic mass is 10.0. The van der Waals surface area contributed by atoms with E-state index in [-0.39, 0.29) is 12.3 Å². The van der Waals surface area contributed by atoms with Crippen LogP contribution in [0.15, 0.2) is 29.4 Å². The number of aliphatic carboxylic acids is 1. The molecular weight excluding hydrogens is 291 g/mol. The summed E-state index contributed by atoms with van der Waals surface area (Å²) in [6.45, 7) is 3.40. The lowest BCUT2D eigenvalue weighted by molar-refractivity contribution is -0.145.